The lowest BCUT2D eigenvalue weighted by Gasteiger charge is -2.18. The van der Waals surface area contributed by atoms with E-state index in [0.29, 0.717) is 6.42 Å². The molecule has 0 fully saturated rings. The van der Waals surface area contributed by atoms with Gasteiger partial charge in [0, 0.05) is 12.6 Å². The summed E-state index contributed by atoms with van der Waals surface area (Å²) in [4.78, 5) is 15.8. The van der Waals surface area contributed by atoms with Gasteiger partial charge in [0.25, 0.3) is 0 Å². The van der Waals surface area contributed by atoms with Crippen LogP contribution in [0.2, 0.25) is 0 Å². The van der Waals surface area contributed by atoms with E-state index in [1.54, 1.807) is 0 Å². The SMILES string of the molecule is O=C(NCc1ncccc1F)N[C@@H]1c2ccccc2C[C@@H]1O. The van der Waals surface area contributed by atoms with Gasteiger partial charge in [0.05, 0.1) is 24.4 Å². The molecule has 5 nitrogen and oxygen atoms in total. The maximum absolute atomic E-state index is 13.4. The van der Waals surface area contributed by atoms with E-state index < -0.39 is 24.0 Å². The number of pyridine rings is 1. The third kappa shape index (κ3) is 2.92. The lowest BCUT2D eigenvalue weighted by molar-refractivity contribution is 0.142. The number of aliphatic hydroxyl groups excluding tert-OH is 1. The van der Waals surface area contributed by atoms with Gasteiger partial charge in [-0.05, 0) is 23.3 Å². The number of fused-ring (bicyclic) bond motifs is 1. The number of hydrogen-bond donors (Lipinski definition) is 3. The van der Waals surface area contributed by atoms with Crippen molar-refractivity contribution in [2.45, 2.75) is 25.1 Å². The topological polar surface area (TPSA) is 74.2 Å². The molecule has 3 N–H and O–H groups in total. The minimum Gasteiger partial charge on any atom is -0.390 e. The Kier molecular flexibility index (Phi) is 4.02. The monoisotopic (exact) mass is 301 g/mol. The first kappa shape index (κ1) is 14.5. The average molecular weight is 301 g/mol. The molecule has 0 aliphatic heterocycles. The highest BCUT2D eigenvalue weighted by Crippen LogP contribution is 2.30. The number of urea groups is 1. The molecule has 2 aromatic rings. The summed E-state index contributed by atoms with van der Waals surface area (Å²) in [6.07, 6.45) is 1.32. The van der Waals surface area contributed by atoms with Crippen LogP contribution in [0.1, 0.15) is 22.9 Å². The van der Waals surface area contributed by atoms with Crippen molar-refractivity contribution >= 4 is 6.03 Å². The summed E-state index contributed by atoms with van der Waals surface area (Å²) in [6.45, 7) is -0.0109. The summed E-state index contributed by atoms with van der Waals surface area (Å²) in [5, 5.41) is 15.4. The molecule has 114 valence electrons. The van der Waals surface area contributed by atoms with E-state index in [2.05, 4.69) is 15.6 Å². The second-order valence-electron chi connectivity index (χ2n) is 5.21. The van der Waals surface area contributed by atoms with E-state index in [1.165, 1.54) is 18.3 Å². The van der Waals surface area contributed by atoms with Crippen LogP contribution in [0.4, 0.5) is 9.18 Å². The number of rotatable bonds is 3. The molecule has 0 spiro atoms. The van der Waals surface area contributed by atoms with Crippen LogP contribution in [0.15, 0.2) is 42.6 Å². The molecule has 1 aromatic heterocycles. The highest BCUT2D eigenvalue weighted by atomic mass is 19.1. The second kappa shape index (κ2) is 6.11. The fourth-order valence-corrected chi connectivity index (χ4v) is 2.65. The van der Waals surface area contributed by atoms with E-state index >= 15 is 0 Å². The number of hydrogen-bond acceptors (Lipinski definition) is 3. The summed E-state index contributed by atoms with van der Waals surface area (Å²) >= 11 is 0. The Morgan fingerprint density at radius 3 is 2.95 bits per heavy atom. The Morgan fingerprint density at radius 2 is 2.14 bits per heavy atom. The lowest BCUT2D eigenvalue weighted by atomic mass is 10.1. The van der Waals surface area contributed by atoms with E-state index in [-0.39, 0.29) is 12.2 Å². The molecule has 1 aliphatic rings. The summed E-state index contributed by atoms with van der Waals surface area (Å²) < 4.78 is 13.4. The Morgan fingerprint density at radius 1 is 1.32 bits per heavy atom. The first-order valence-corrected chi connectivity index (χ1v) is 7.05. The van der Waals surface area contributed by atoms with Crippen LogP contribution in [-0.2, 0) is 13.0 Å². The number of carbonyl (C=O) groups is 1. The summed E-state index contributed by atoms with van der Waals surface area (Å²) in [7, 11) is 0. The molecule has 0 unspecified atom stereocenters. The molecule has 0 saturated carbocycles. The van der Waals surface area contributed by atoms with Gasteiger partial charge < -0.3 is 15.7 Å². The van der Waals surface area contributed by atoms with E-state index in [1.807, 2.05) is 24.3 Å². The largest absolute Gasteiger partial charge is 0.390 e. The van der Waals surface area contributed by atoms with Gasteiger partial charge >= 0.3 is 6.03 Å². The van der Waals surface area contributed by atoms with Crippen molar-refractivity contribution in [3.63, 3.8) is 0 Å². The molecule has 0 saturated heterocycles. The van der Waals surface area contributed by atoms with Crippen LogP contribution in [0.5, 0.6) is 0 Å². The highest BCUT2D eigenvalue weighted by molar-refractivity contribution is 5.74. The van der Waals surface area contributed by atoms with Crippen molar-refractivity contribution < 1.29 is 14.3 Å². The zero-order valence-corrected chi connectivity index (χ0v) is 11.8. The zero-order chi connectivity index (χ0) is 15.5. The standard InChI is InChI=1S/C16H16FN3O2/c17-12-6-3-7-18-13(12)9-19-16(22)20-15-11-5-2-1-4-10(11)8-14(15)21/h1-7,14-15,21H,8-9H2,(H2,19,20,22)/t14-,15+/m0/s1. The molecule has 1 heterocycles. The van der Waals surface area contributed by atoms with Crippen molar-refractivity contribution in [3.8, 4) is 0 Å². The lowest BCUT2D eigenvalue weighted by Crippen LogP contribution is -2.40. The minimum atomic E-state index is -0.658. The van der Waals surface area contributed by atoms with Gasteiger partial charge in [0.1, 0.15) is 5.82 Å². The summed E-state index contributed by atoms with van der Waals surface area (Å²) in [6, 6.07) is 9.44. The van der Waals surface area contributed by atoms with Crippen LogP contribution in [0.3, 0.4) is 0 Å². The minimum absolute atomic E-state index is 0.0109. The molecule has 22 heavy (non-hydrogen) atoms. The van der Waals surface area contributed by atoms with Crippen LogP contribution >= 0.6 is 0 Å². The second-order valence-corrected chi connectivity index (χ2v) is 5.21. The fraction of sp³-hybridized carbons (Fsp3) is 0.250. The van der Waals surface area contributed by atoms with E-state index in [9.17, 15) is 14.3 Å². The van der Waals surface area contributed by atoms with Crippen molar-refractivity contribution in [3.05, 3.63) is 65.2 Å². The third-order valence-electron chi connectivity index (χ3n) is 3.74. The van der Waals surface area contributed by atoms with Gasteiger partial charge in [0.2, 0.25) is 0 Å². The number of nitrogens with zero attached hydrogens (tertiary/aromatic N) is 1. The molecule has 1 aliphatic carbocycles. The Balaban J connectivity index is 1.62. The average Bonchev–Trinajstić information content (AvgIpc) is 2.83. The molecule has 2 amide bonds. The fourth-order valence-electron chi connectivity index (χ4n) is 2.65. The number of aromatic nitrogens is 1. The Labute approximate surface area is 127 Å². The molecule has 6 heteroatoms. The van der Waals surface area contributed by atoms with Gasteiger partial charge in [-0.25, -0.2) is 9.18 Å². The van der Waals surface area contributed by atoms with Crippen molar-refractivity contribution in [2.24, 2.45) is 0 Å². The first-order valence-electron chi connectivity index (χ1n) is 7.05. The highest BCUT2D eigenvalue weighted by Gasteiger charge is 2.31. The van der Waals surface area contributed by atoms with Crippen LogP contribution in [0, 0.1) is 5.82 Å². The molecule has 3 rings (SSSR count). The van der Waals surface area contributed by atoms with Gasteiger partial charge in [0.15, 0.2) is 0 Å². The predicted octanol–water partition coefficient (Wildman–Crippen LogP) is 1.68. The number of aliphatic hydroxyl groups is 1. The van der Waals surface area contributed by atoms with Crippen molar-refractivity contribution in [1.29, 1.82) is 0 Å². The van der Waals surface area contributed by atoms with Crippen LogP contribution < -0.4 is 10.6 Å². The Bertz CT molecular complexity index is 693. The van der Waals surface area contributed by atoms with Gasteiger partial charge in [-0.1, -0.05) is 24.3 Å². The number of benzene rings is 1. The quantitative estimate of drug-likeness (QED) is 0.807. The molecular formula is C16H16FN3O2. The van der Waals surface area contributed by atoms with Gasteiger partial charge in [-0.2, -0.15) is 0 Å². The van der Waals surface area contributed by atoms with E-state index in [0.717, 1.165) is 11.1 Å². The molecule has 2 atom stereocenters. The maximum atomic E-state index is 13.4. The number of amides is 2. The molecular weight excluding hydrogens is 285 g/mol. The Hall–Kier alpha value is -2.47. The smallest absolute Gasteiger partial charge is 0.315 e. The maximum Gasteiger partial charge on any atom is 0.315 e. The van der Waals surface area contributed by atoms with Gasteiger partial charge in [-0.3, -0.25) is 4.98 Å². The third-order valence-corrected chi connectivity index (χ3v) is 3.74. The number of nitrogens with one attached hydrogen (secondary N) is 2. The predicted molar refractivity (Wildman–Crippen MR) is 78.5 cm³/mol. The number of carbonyl (C=O) groups excluding carboxylic acids is 1. The normalized spacial score (nSPS) is 19.5. The summed E-state index contributed by atoms with van der Waals surface area (Å²) in [5.41, 5.74) is 2.11. The van der Waals surface area contributed by atoms with Crippen molar-refractivity contribution in [1.82, 2.24) is 15.6 Å². The van der Waals surface area contributed by atoms with Crippen LogP contribution in [0.25, 0.3) is 0 Å². The van der Waals surface area contributed by atoms with Gasteiger partial charge in [-0.15, -0.1) is 0 Å². The number of halogens is 1. The summed E-state index contributed by atoms with van der Waals surface area (Å²) in [5.74, 6) is -0.464. The zero-order valence-electron chi connectivity index (χ0n) is 11.8. The molecule has 0 bridgehead atoms. The van der Waals surface area contributed by atoms with Crippen molar-refractivity contribution in [2.75, 3.05) is 0 Å². The van der Waals surface area contributed by atoms with Crippen LogP contribution in [-0.4, -0.2) is 22.2 Å². The first-order chi connectivity index (χ1) is 10.6. The molecule has 1 aromatic carbocycles. The van der Waals surface area contributed by atoms with E-state index in [4.69, 9.17) is 0 Å². The molecule has 0 radical (unpaired) electrons.